The number of aliphatic carboxylic acids is 1. The number of aromatic amines is 1. The molecule has 3 aromatic heterocycles. The molecule has 1 aliphatic carbocycles. The van der Waals surface area contributed by atoms with Crippen LogP contribution in [0.3, 0.4) is 0 Å². The average Bonchev–Trinajstić information content (AvgIpc) is 3.23. The number of pyridine rings is 1. The van der Waals surface area contributed by atoms with Gasteiger partial charge in [-0.15, -0.1) is 0 Å². The summed E-state index contributed by atoms with van der Waals surface area (Å²) in [6.07, 6.45) is 5.96. The van der Waals surface area contributed by atoms with Crippen LogP contribution in [0.25, 0.3) is 22.4 Å². The van der Waals surface area contributed by atoms with Crippen LogP contribution in [-0.2, 0) is 4.79 Å². The monoisotopic (exact) mass is 389 g/mol. The second-order valence-electron chi connectivity index (χ2n) is 7.09. The van der Waals surface area contributed by atoms with Crippen molar-refractivity contribution in [2.45, 2.75) is 32.2 Å². The van der Waals surface area contributed by atoms with Gasteiger partial charge in [0.15, 0.2) is 17.5 Å². The standard InChI is InChI=1S/C18H17ClFN5O2/c1-18(2-3-18)13(5-14(26)27)24-17-12(20)8-23-16(25-17)11-7-22-15-10(11)4-9(19)6-21-15/h4,6-8,13H,2-3,5H2,1H3,(H,21,22)(H,26,27)(H,23,24,25)/t13-/m1/s1. The zero-order valence-corrected chi connectivity index (χ0v) is 15.2. The molecule has 0 saturated heterocycles. The minimum atomic E-state index is -0.937. The Balaban J connectivity index is 1.70. The fraction of sp³-hybridized carbons (Fsp3) is 0.333. The van der Waals surface area contributed by atoms with Crippen molar-refractivity contribution in [2.24, 2.45) is 5.41 Å². The molecule has 0 aliphatic heterocycles. The Morgan fingerprint density at radius 3 is 2.93 bits per heavy atom. The molecule has 3 N–H and O–H groups in total. The highest BCUT2D eigenvalue weighted by Gasteiger charge is 2.46. The van der Waals surface area contributed by atoms with Gasteiger partial charge >= 0.3 is 5.97 Å². The van der Waals surface area contributed by atoms with Gasteiger partial charge in [-0.1, -0.05) is 18.5 Å². The van der Waals surface area contributed by atoms with Crippen molar-refractivity contribution >= 4 is 34.4 Å². The number of halogens is 2. The van der Waals surface area contributed by atoms with E-state index in [1.807, 2.05) is 6.92 Å². The van der Waals surface area contributed by atoms with Gasteiger partial charge in [0.05, 0.1) is 17.6 Å². The molecular formula is C18H17ClFN5O2. The highest BCUT2D eigenvalue weighted by atomic mass is 35.5. The summed E-state index contributed by atoms with van der Waals surface area (Å²) < 4.78 is 14.3. The van der Waals surface area contributed by atoms with E-state index in [-0.39, 0.29) is 17.7 Å². The normalized spacial score (nSPS) is 16.3. The lowest BCUT2D eigenvalue weighted by Gasteiger charge is -2.24. The maximum Gasteiger partial charge on any atom is 0.305 e. The maximum absolute atomic E-state index is 14.3. The van der Waals surface area contributed by atoms with Gasteiger partial charge in [0.1, 0.15) is 5.65 Å². The molecule has 0 radical (unpaired) electrons. The summed E-state index contributed by atoms with van der Waals surface area (Å²) in [5.41, 5.74) is 1.08. The quantitative estimate of drug-likeness (QED) is 0.591. The van der Waals surface area contributed by atoms with Crippen LogP contribution in [0, 0.1) is 11.2 Å². The third kappa shape index (κ3) is 3.44. The summed E-state index contributed by atoms with van der Waals surface area (Å²) in [6, 6.07) is 1.32. The maximum atomic E-state index is 14.3. The molecule has 0 amide bonds. The lowest BCUT2D eigenvalue weighted by atomic mass is 9.96. The van der Waals surface area contributed by atoms with E-state index in [0.717, 1.165) is 24.4 Å². The fourth-order valence-electron chi connectivity index (χ4n) is 3.12. The molecule has 7 nitrogen and oxygen atoms in total. The Labute approximate surface area is 159 Å². The van der Waals surface area contributed by atoms with E-state index in [0.29, 0.717) is 22.1 Å². The van der Waals surface area contributed by atoms with Gasteiger partial charge < -0.3 is 15.4 Å². The van der Waals surface area contributed by atoms with Gasteiger partial charge in [-0.05, 0) is 24.3 Å². The van der Waals surface area contributed by atoms with Crippen molar-refractivity contribution in [3.63, 3.8) is 0 Å². The van der Waals surface area contributed by atoms with Gasteiger partial charge in [-0.25, -0.2) is 19.3 Å². The Morgan fingerprint density at radius 1 is 1.44 bits per heavy atom. The SMILES string of the molecule is CC1([C@@H](CC(=O)O)Nc2nc(-c3c[nH]c4ncc(Cl)cc34)ncc2F)CC1. The number of H-pyrrole nitrogens is 1. The number of nitrogens with zero attached hydrogens (tertiary/aromatic N) is 3. The molecule has 0 unspecified atom stereocenters. The van der Waals surface area contributed by atoms with E-state index in [1.165, 1.54) is 6.20 Å². The number of nitrogens with one attached hydrogen (secondary N) is 2. The first-order chi connectivity index (χ1) is 12.9. The Hall–Kier alpha value is -2.74. The van der Waals surface area contributed by atoms with Gasteiger partial charge in [0.25, 0.3) is 0 Å². The van der Waals surface area contributed by atoms with Gasteiger partial charge in [0, 0.05) is 29.4 Å². The minimum absolute atomic E-state index is 0.0105. The van der Waals surface area contributed by atoms with E-state index in [2.05, 4.69) is 25.3 Å². The summed E-state index contributed by atoms with van der Waals surface area (Å²) in [4.78, 5) is 26.8. The summed E-state index contributed by atoms with van der Waals surface area (Å²) in [6.45, 7) is 1.99. The van der Waals surface area contributed by atoms with Crippen molar-refractivity contribution in [3.8, 4) is 11.4 Å². The van der Waals surface area contributed by atoms with E-state index in [9.17, 15) is 14.3 Å². The first kappa shape index (κ1) is 17.7. The predicted molar refractivity (Wildman–Crippen MR) is 99.1 cm³/mol. The number of carboxylic acid groups (broad SMARTS) is 1. The van der Waals surface area contributed by atoms with Crippen LogP contribution < -0.4 is 5.32 Å². The highest BCUT2D eigenvalue weighted by molar-refractivity contribution is 6.31. The smallest absolute Gasteiger partial charge is 0.305 e. The molecule has 1 saturated carbocycles. The van der Waals surface area contributed by atoms with Crippen LogP contribution in [0.4, 0.5) is 10.2 Å². The van der Waals surface area contributed by atoms with Gasteiger partial charge in [-0.3, -0.25) is 4.79 Å². The number of aromatic nitrogens is 4. The fourth-order valence-corrected chi connectivity index (χ4v) is 3.28. The largest absolute Gasteiger partial charge is 0.481 e. The molecule has 1 aliphatic rings. The van der Waals surface area contributed by atoms with Crippen LogP contribution in [0.5, 0.6) is 0 Å². The second-order valence-corrected chi connectivity index (χ2v) is 7.53. The average molecular weight is 390 g/mol. The summed E-state index contributed by atoms with van der Waals surface area (Å²) in [5, 5.41) is 13.3. The molecule has 0 bridgehead atoms. The van der Waals surface area contributed by atoms with Gasteiger partial charge in [0.2, 0.25) is 0 Å². The third-order valence-corrected chi connectivity index (χ3v) is 5.26. The van der Waals surface area contributed by atoms with E-state index < -0.39 is 17.8 Å². The zero-order chi connectivity index (χ0) is 19.2. The lowest BCUT2D eigenvalue weighted by molar-refractivity contribution is -0.137. The Bertz CT molecular complexity index is 1030. The lowest BCUT2D eigenvalue weighted by Crippen LogP contribution is -2.32. The van der Waals surface area contributed by atoms with Crippen molar-refractivity contribution in [1.29, 1.82) is 0 Å². The van der Waals surface area contributed by atoms with Crippen molar-refractivity contribution in [3.05, 3.63) is 35.5 Å². The summed E-state index contributed by atoms with van der Waals surface area (Å²) in [7, 11) is 0. The van der Waals surface area contributed by atoms with Gasteiger partial charge in [-0.2, -0.15) is 0 Å². The number of carbonyl (C=O) groups is 1. The first-order valence-corrected chi connectivity index (χ1v) is 8.87. The van der Waals surface area contributed by atoms with Crippen LogP contribution >= 0.6 is 11.6 Å². The number of hydrogen-bond donors (Lipinski definition) is 3. The number of carboxylic acids is 1. The second kappa shape index (κ2) is 6.45. The van der Waals surface area contributed by atoms with Crippen LogP contribution in [0.2, 0.25) is 5.02 Å². The molecule has 3 aromatic rings. The molecule has 140 valence electrons. The molecule has 9 heteroatoms. The van der Waals surface area contributed by atoms with Crippen LogP contribution in [0.1, 0.15) is 26.2 Å². The molecule has 0 aromatic carbocycles. The Morgan fingerprint density at radius 2 is 2.22 bits per heavy atom. The third-order valence-electron chi connectivity index (χ3n) is 5.05. The molecule has 4 rings (SSSR count). The number of fused-ring (bicyclic) bond motifs is 1. The minimum Gasteiger partial charge on any atom is -0.481 e. The van der Waals surface area contributed by atoms with E-state index in [1.54, 1.807) is 12.3 Å². The van der Waals surface area contributed by atoms with E-state index >= 15 is 0 Å². The highest BCUT2D eigenvalue weighted by Crippen LogP contribution is 2.50. The number of rotatable bonds is 6. The Kier molecular flexibility index (Phi) is 4.22. The number of anilines is 1. The van der Waals surface area contributed by atoms with Crippen LogP contribution in [-0.4, -0.2) is 37.1 Å². The first-order valence-electron chi connectivity index (χ1n) is 8.49. The summed E-state index contributed by atoms with van der Waals surface area (Å²) >= 11 is 6.02. The molecule has 1 atom stereocenters. The predicted octanol–water partition coefficient (Wildman–Crippen LogP) is 3.87. The number of hydrogen-bond acceptors (Lipinski definition) is 5. The zero-order valence-electron chi connectivity index (χ0n) is 14.5. The molecule has 1 fully saturated rings. The molecule has 0 spiro atoms. The molecular weight excluding hydrogens is 373 g/mol. The molecule has 3 heterocycles. The van der Waals surface area contributed by atoms with Crippen molar-refractivity contribution in [1.82, 2.24) is 19.9 Å². The molecule has 27 heavy (non-hydrogen) atoms. The van der Waals surface area contributed by atoms with E-state index in [4.69, 9.17) is 11.6 Å². The topological polar surface area (TPSA) is 104 Å². The summed E-state index contributed by atoms with van der Waals surface area (Å²) in [5.74, 6) is -1.28. The van der Waals surface area contributed by atoms with Crippen LogP contribution in [0.15, 0.2) is 24.7 Å². The van der Waals surface area contributed by atoms with Crippen molar-refractivity contribution in [2.75, 3.05) is 5.32 Å². The van der Waals surface area contributed by atoms with Crippen molar-refractivity contribution < 1.29 is 14.3 Å².